The highest BCUT2D eigenvalue weighted by molar-refractivity contribution is 7.20. The van der Waals surface area contributed by atoms with Gasteiger partial charge in [0.15, 0.2) is 6.04 Å². The molecule has 0 bridgehead atoms. The maximum Gasteiger partial charge on any atom is 0.327 e. The van der Waals surface area contributed by atoms with Crippen LogP contribution in [0.25, 0.3) is 0 Å². The first kappa shape index (κ1) is 15.9. The fourth-order valence-corrected chi connectivity index (χ4v) is 2.65. The van der Waals surface area contributed by atoms with Crippen LogP contribution in [0.5, 0.6) is 5.75 Å². The molecule has 1 aromatic carbocycles. The molecule has 1 saturated carbocycles. The van der Waals surface area contributed by atoms with E-state index in [0.29, 0.717) is 5.75 Å². The quantitative estimate of drug-likeness (QED) is 0.455. The first-order valence-corrected chi connectivity index (χ1v) is 8.03. The third-order valence-electron chi connectivity index (χ3n) is 3.53. The van der Waals surface area contributed by atoms with Crippen LogP contribution in [-0.4, -0.2) is 22.9 Å². The van der Waals surface area contributed by atoms with E-state index < -0.39 is 12.0 Å². The Balaban J connectivity index is 1.90. The van der Waals surface area contributed by atoms with Gasteiger partial charge in [0.2, 0.25) is 0 Å². The molecule has 1 fully saturated rings. The van der Waals surface area contributed by atoms with Crippen molar-refractivity contribution in [2.45, 2.75) is 51.2 Å². The maximum absolute atomic E-state index is 12.1. The number of nitrogens with zero attached hydrogens (tertiary/aromatic N) is 1. The Hall–Kier alpha value is -1.45. The number of benzene rings is 1. The summed E-state index contributed by atoms with van der Waals surface area (Å²) < 4.78 is 16.7. The zero-order valence-corrected chi connectivity index (χ0v) is 13.0. The number of hydrogen-bond acceptors (Lipinski definition) is 4. The molecule has 1 aliphatic carbocycles. The van der Waals surface area contributed by atoms with E-state index in [-0.39, 0.29) is 14.7 Å². The summed E-state index contributed by atoms with van der Waals surface area (Å²) in [5, 5.41) is 0. The molecule has 0 radical (unpaired) electrons. The Bertz CT molecular complexity index is 462. The molecule has 0 unspecified atom stereocenters. The van der Waals surface area contributed by atoms with E-state index in [1.165, 1.54) is 6.42 Å². The summed E-state index contributed by atoms with van der Waals surface area (Å²) in [7, 11) is -0.378. The predicted octanol–water partition coefficient (Wildman–Crippen LogP) is 3.75. The second-order valence-electron chi connectivity index (χ2n) is 5.16. The summed E-state index contributed by atoms with van der Waals surface area (Å²) in [6.45, 7) is 1.62. The van der Waals surface area contributed by atoms with E-state index in [1.807, 2.05) is 6.07 Å². The van der Waals surface area contributed by atoms with Crippen LogP contribution < -0.4 is 4.84 Å². The van der Waals surface area contributed by atoms with Crippen LogP contribution in [0, 0.1) is 0 Å². The first-order valence-electron chi connectivity index (χ1n) is 7.26. The minimum absolute atomic E-state index is 0.0180. The molecule has 114 valence electrons. The highest BCUT2D eigenvalue weighted by atomic mass is 31.1. The summed E-state index contributed by atoms with van der Waals surface area (Å²) in [5.41, 5.74) is 0. The fourth-order valence-electron chi connectivity index (χ4n) is 2.29. The van der Waals surface area contributed by atoms with E-state index in [9.17, 15) is 9.36 Å². The van der Waals surface area contributed by atoms with Crippen molar-refractivity contribution in [2.75, 3.05) is 0 Å². The van der Waals surface area contributed by atoms with Crippen molar-refractivity contribution < 1.29 is 18.9 Å². The van der Waals surface area contributed by atoms with Gasteiger partial charge in [-0.2, -0.15) is 0 Å². The fraction of sp³-hybridized carbons (Fsp3) is 0.533. The Morgan fingerprint density at radius 2 is 1.90 bits per heavy atom. The van der Waals surface area contributed by atoms with Crippen molar-refractivity contribution in [3.63, 3.8) is 0 Å². The lowest BCUT2D eigenvalue weighted by molar-refractivity contribution is -0.160. The number of carbonyl (C=O) groups is 1. The smallest absolute Gasteiger partial charge is 0.327 e. The van der Waals surface area contributed by atoms with Gasteiger partial charge in [0.05, 0.1) is 0 Å². The Labute approximate surface area is 126 Å². The lowest BCUT2D eigenvalue weighted by atomic mass is 9.98. The highest BCUT2D eigenvalue weighted by Crippen LogP contribution is 2.23. The van der Waals surface area contributed by atoms with Gasteiger partial charge in [0.1, 0.15) is 11.9 Å². The van der Waals surface area contributed by atoms with Crippen molar-refractivity contribution >= 4 is 14.6 Å². The largest absolute Gasteiger partial charge is 0.461 e. The molecule has 0 saturated heterocycles. The van der Waals surface area contributed by atoms with Crippen molar-refractivity contribution in [2.24, 2.45) is 0 Å². The molecule has 0 heterocycles. The van der Waals surface area contributed by atoms with Crippen molar-refractivity contribution in [3.8, 4) is 5.75 Å². The average molecular weight is 309 g/mol. The van der Waals surface area contributed by atoms with Gasteiger partial charge < -0.3 is 9.57 Å². The summed E-state index contributed by atoms with van der Waals surface area (Å²) in [6, 6.07) is 8.20. The number of rotatable bonds is 6. The topological polar surface area (TPSA) is 55.8 Å². The standard InChI is InChI=1S/C15H20NO4P/c1-12(15(17)19-13-8-4-2-5-9-13)16(21-18)20-14-10-6-3-7-11-14/h3,6-7,10-13H,2,4-5,8-9H2,1H3/t12-/m0/s1. The lowest BCUT2D eigenvalue weighted by Crippen LogP contribution is -2.38. The van der Waals surface area contributed by atoms with E-state index >= 15 is 0 Å². The Kier molecular flexibility index (Phi) is 6.15. The molecular weight excluding hydrogens is 289 g/mol. The van der Waals surface area contributed by atoms with Gasteiger partial charge in [-0.25, -0.2) is 0 Å². The number of hydroxylamine groups is 1. The summed E-state index contributed by atoms with van der Waals surface area (Å²) in [6.07, 6.45) is 5.19. The predicted molar refractivity (Wildman–Crippen MR) is 78.9 cm³/mol. The third-order valence-corrected chi connectivity index (χ3v) is 4.12. The lowest BCUT2D eigenvalue weighted by Gasteiger charge is -2.25. The number of para-hydroxylation sites is 1. The van der Waals surface area contributed by atoms with Crippen molar-refractivity contribution in [1.82, 2.24) is 4.83 Å². The molecule has 6 heteroatoms. The molecule has 0 amide bonds. The molecule has 2 rings (SSSR count). The van der Waals surface area contributed by atoms with Gasteiger partial charge in [-0.05, 0) is 49.6 Å². The van der Waals surface area contributed by atoms with E-state index in [1.54, 1.807) is 31.2 Å². The molecule has 21 heavy (non-hydrogen) atoms. The Morgan fingerprint density at radius 3 is 2.52 bits per heavy atom. The average Bonchev–Trinajstić information content (AvgIpc) is 2.54. The van der Waals surface area contributed by atoms with Crippen LogP contribution in [0.4, 0.5) is 0 Å². The number of hydrogen-bond donors (Lipinski definition) is 0. The van der Waals surface area contributed by atoms with E-state index in [0.717, 1.165) is 30.5 Å². The molecule has 0 aliphatic heterocycles. The first-order chi connectivity index (χ1) is 10.2. The number of ether oxygens (including phenoxy) is 1. The summed E-state index contributed by atoms with van der Waals surface area (Å²) in [4.78, 5) is 18.6. The molecule has 5 nitrogen and oxygen atoms in total. The number of carbonyl (C=O) groups excluding carboxylic acids is 1. The van der Waals surface area contributed by atoms with Crippen LogP contribution in [-0.2, 0) is 14.1 Å². The highest BCUT2D eigenvalue weighted by Gasteiger charge is 2.28. The summed E-state index contributed by atoms with van der Waals surface area (Å²) in [5.74, 6) is 0.124. The van der Waals surface area contributed by atoms with Crippen LogP contribution in [0.15, 0.2) is 30.3 Å². The van der Waals surface area contributed by atoms with Gasteiger partial charge in [-0.3, -0.25) is 9.36 Å². The van der Waals surface area contributed by atoms with Crippen LogP contribution in [0.1, 0.15) is 39.0 Å². The minimum Gasteiger partial charge on any atom is -0.461 e. The van der Waals surface area contributed by atoms with Gasteiger partial charge in [-0.1, -0.05) is 24.6 Å². The van der Waals surface area contributed by atoms with Crippen LogP contribution in [0.3, 0.4) is 0 Å². The maximum atomic E-state index is 12.1. The molecule has 1 aromatic rings. The van der Waals surface area contributed by atoms with E-state index in [4.69, 9.17) is 9.57 Å². The molecule has 0 spiro atoms. The molecule has 1 atom stereocenters. The van der Waals surface area contributed by atoms with Crippen LogP contribution in [0.2, 0.25) is 0 Å². The van der Waals surface area contributed by atoms with Crippen molar-refractivity contribution in [3.05, 3.63) is 30.3 Å². The monoisotopic (exact) mass is 309 g/mol. The van der Waals surface area contributed by atoms with E-state index in [2.05, 4.69) is 0 Å². The molecule has 1 aliphatic rings. The zero-order valence-electron chi connectivity index (χ0n) is 12.1. The van der Waals surface area contributed by atoms with Crippen LogP contribution >= 0.6 is 8.61 Å². The van der Waals surface area contributed by atoms with Gasteiger partial charge in [-0.15, -0.1) is 0 Å². The molecular formula is C15H20NO4P. The van der Waals surface area contributed by atoms with Crippen molar-refractivity contribution in [1.29, 1.82) is 0 Å². The molecule has 0 aromatic heterocycles. The van der Waals surface area contributed by atoms with Gasteiger partial charge in [0.25, 0.3) is 8.61 Å². The second kappa shape index (κ2) is 8.11. The normalized spacial score (nSPS) is 17.6. The second-order valence-corrected chi connectivity index (χ2v) is 5.72. The van der Waals surface area contributed by atoms with Gasteiger partial charge >= 0.3 is 5.97 Å². The minimum atomic E-state index is -0.730. The SMILES string of the molecule is C[C@@H](C(=O)OC1CCCCC1)N(Oc1ccccc1)P=O. The Morgan fingerprint density at radius 1 is 1.24 bits per heavy atom. The zero-order chi connectivity index (χ0) is 15.1. The summed E-state index contributed by atoms with van der Waals surface area (Å²) >= 11 is 0. The van der Waals surface area contributed by atoms with Gasteiger partial charge in [0, 0.05) is 0 Å². The number of esters is 1. The third kappa shape index (κ3) is 4.80. The molecule has 0 N–H and O–H groups in total.